The Morgan fingerprint density at radius 2 is 0.704 bits per heavy atom. The number of carbonyl (C=O) groups is 1. The van der Waals surface area contributed by atoms with Crippen LogP contribution < -0.4 is 9.62 Å². The molecule has 41 heteroatoms. The number of rotatable bonds is 9. The van der Waals surface area contributed by atoms with Crippen LogP contribution in [0.3, 0.4) is 0 Å². The predicted octanol–water partition coefficient (Wildman–Crippen LogP) is -12.4. The average molecular weight is 1450 g/mol. The van der Waals surface area contributed by atoms with E-state index in [1.807, 2.05) is 0 Å². The molecule has 556 valence electrons. The SMILES string of the molecule is CN(C)c1cccc2c(S(=O)(=O)N[C@@H]3CSC[C@H]4O[C@@H]5O[C@H]6[C@H](O)[C@@H](O)[C@@H](O[C@H]7[C@H](O)[C@@H](O)[C@@H](O[C@H]8[C@H](O)[C@@H](O)[C@@H](O[C@H]9[C@H](O)[C@@H](O)[C@@H](O[C@H]%10[C@H](O)[C@@H](O)[C@@H](O[C@H]%11[C@H](O)[C@@H](O)[C@@H](O[C@H]4[C@H](O)[C@H]5O)O[C@@H]%11COC3=O)O[C@@H]%10CO)O[C@@H]9CO)O[C@@H]8CO)O[C@@H]7CO)O[C@@H]6CO)cccc12. The molecule has 0 aliphatic carbocycles. The largest absolute Gasteiger partial charge is 0.462 e. The minimum Gasteiger partial charge on any atom is -0.462 e. The van der Waals surface area contributed by atoms with Crippen LogP contribution in [0.25, 0.3) is 10.8 Å². The van der Waals surface area contributed by atoms with Crippen molar-refractivity contribution < 1.29 is 181 Å². The number of thioether (sulfide) groups is 1. The van der Waals surface area contributed by atoms with Crippen molar-refractivity contribution in [2.75, 3.05) is 70.1 Å². The van der Waals surface area contributed by atoms with Crippen molar-refractivity contribution >= 4 is 44.2 Å². The summed E-state index contributed by atoms with van der Waals surface area (Å²) in [7, 11) is -1.24. The van der Waals surface area contributed by atoms with Gasteiger partial charge in [0.2, 0.25) is 10.0 Å². The third kappa shape index (κ3) is 15.0. The molecule has 20 N–H and O–H groups in total. The van der Waals surface area contributed by atoms with Crippen molar-refractivity contribution in [1.82, 2.24) is 4.72 Å². The minimum absolute atomic E-state index is 0.243. The number of aliphatic hydroxyl groups is 19. The Bertz CT molecular complexity index is 3080. The summed E-state index contributed by atoms with van der Waals surface area (Å²) >= 11 is 0.775. The van der Waals surface area contributed by atoms with E-state index in [1.54, 1.807) is 43.3 Å². The second kappa shape index (κ2) is 31.7. The first-order chi connectivity index (χ1) is 46.6. The van der Waals surface area contributed by atoms with Gasteiger partial charge in [0.05, 0.1) is 44.0 Å². The fourth-order valence-corrected chi connectivity index (χ4v) is 15.9. The van der Waals surface area contributed by atoms with E-state index in [4.69, 9.17) is 71.1 Å². The predicted molar refractivity (Wildman–Crippen MR) is 315 cm³/mol. The number of hydrogen-bond donors (Lipinski definition) is 20. The van der Waals surface area contributed by atoms with Crippen molar-refractivity contribution in [2.45, 2.75) is 226 Å². The van der Waals surface area contributed by atoms with Crippen LogP contribution in [0.4, 0.5) is 5.69 Å². The lowest BCUT2D eigenvalue weighted by atomic mass is 9.95. The zero-order valence-corrected chi connectivity index (χ0v) is 53.6. The van der Waals surface area contributed by atoms with Gasteiger partial charge in [0.1, 0.15) is 177 Å². The topological polar surface area (TPSA) is 589 Å². The monoisotopic (exact) mass is 1450 g/mol. The maximum Gasteiger partial charge on any atom is 0.325 e. The molecule has 16 bridgehead atoms. The number of nitrogens with one attached hydrogen (secondary N) is 1. The Labute approximate surface area is 560 Å². The van der Waals surface area contributed by atoms with Crippen molar-refractivity contribution in [3.8, 4) is 0 Å². The normalized spacial score (nSPS) is 47.9. The zero-order valence-electron chi connectivity index (χ0n) is 52.0. The summed E-state index contributed by atoms with van der Waals surface area (Å²) in [5.74, 6) is -2.29. The number of hydrogen-bond acceptors (Lipinski definition) is 39. The summed E-state index contributed by atoms with van der Waals surface area (Å²) in [6, 6.07) is 7.51. The molecule has 0 saturated carbocycles. The van der Waals surface area contributed by atoms with Gasteiger partial charge in [-0.2, -0.15) is 16.5 Å². The first-order valence-electron chi connectivity index (χ1n) is 31.3. The molecule has 0 radical (unpaired) electrons. The molecule has 23 rings (SSSR count). The summed E-state index contributed by atoms with van der Waals surface area (Å²) in [5, 5.41) is 217. The lowest BCUT2D eigenvalue weighted by Gasteiger charge is -2.50. The third-order valence-corrected chi connectivity index (χ3v) is 21.3. The Kier molecular flexibility index (Phi) is 24.6. The molecule has 0 spiro atoms. The Morgan fingerprint density at radius 3 is 1.06 bits per heavy atom. The molecular formula is C57H84N2O37S2. The van der Waals surface area contributed by atoms with E-state index < -0.39 is 288 Å². The van der Waals surface area contributed by atoms with E-state index in [1.165, 1.54) is 12.1 Å². The van der Waals surface area contributed by atoms with Crippen LogP contribution in [-0.2, 0) is 85.9 Å². The standard InChI is InChI=1S/C57H84N2O37S2/c1-59(2)20-7-3-6-18-17(20)5-4-8-28(18)98(80,81)58-19-15-97-16-27-49-35(71)42(78)57(89-27)94-47-25(13-64)86-54(39(75)32(47)68)92-45-23(11-62)84-52(37(73)30(45)66)90-43-21(9-60)83-51(36(72)29(43)65)91-44-22(10-61)85-53(38(74)31(44)67)93-46-24(12-63)87-55(40(76)33(46)69)95-48-26(14-82-50(19)79)88-56(96-49)41(77)34(48)70/h3-8,19,21-27,29-49,51-58,60-78H,9-16H2,1-2H3/t19-,21-,22-,23-,24-,25-,26-,27-,29-,30-,31-,32-,33-,34-,35-,36-,37-,38-,39-,40-,41-,42-,43-,44-,45-,46-,47-,48-,49-,51-,52-,53-,54-,55-,56-,57-/m1/s1. The quantitative estimate of drug-likeness (QED) is 0.104. The molecule has 39 nitrogen and oxygen atoms in total. The van der Waals surface area contributed by atoms with E-state index in [0.717, 1.165) is 11.8 Å². The van der Waals surface area contributed by atoms with Crippen LogP contribution in [0.2, 0.25) is 0 Å². The molecule has 2 aromatic carbocycles. The van der Waals surface area contributed by atoms with Gasteiger partial charge in [-0.15, -0.1) is 0 Å². The molecule has 0 unspecified atom stereocenters. The number of nitrogens with zero attached hydrogens (tertiary/aromatic N) is 1. The Hall–Kier alpha value is -3.09. The number of aliphatic hydroxyl groups excluding tert-OH is 19. The molecule has 0 aromatic heterocycles. The van der Waals surface area contributed by atoms with E-state index >= 15 is 0 Å². The molecule has 98 heavy (non-hydrogen) atoms. The fourth-order valence-electron chi connectivity index (χ4n) is 13.2. The minimum atomic E-state index is -4.73. The van der Waals surface area contributed by atoms with Gasteiger partial charge in [-0.05, 0) is 12.1 Å². The maximum atomic E-state index is 14.6. The lowest BCUT2D eigenvalue weighted by molar-refractivity contribution is -0.396. The average Bonchev–Trinajstić information content (AvgIpc) is 0.828. The highest BCUT2D eigenvalue weighted by molar-refractivity contribution is 7.99. The first kappa shape index (κ1) is 76.1. The highest BCUT2D eigenvalue weighted by atomic mass is 32.2. The van der Waals surface area contributed by atoms with Crippen LogP contribution in [0.1, 0.15) is 0 Å². The number of ether oxygens (including phenoxy) is 15. The van der Waals surface area contributed by atoms with Crippen molar-refractivity contribution in [2.24, 2.45) is 0 Å². The highest BCUT2D eigenvalue weighted by Crippen LogP contribution is 2.40. The Morgan fingerprint density at radius 1 is 0.398 bits per heavy atom. The summed E-state index contributed by atoms with van der Waals surface area (Å²) < 4.78 is 120. The number of carbonyl (C=O) groups excluding carboxylic acids is 1. The van der Waals surface area contributed by atoms with Crippen LogP contribution in [0.15, 0.2) is 41.3 Å². The van der Waals surface area contributed by atoms with Gasteiger partial charge in [-0.1, -0.05) is 24.3 Å². The molecular weight excluding hydrogens is 1370 g/mol. The Balaban J connectivity index is 0.932. The van der Waals surface area contributed by atoms with Crippen molar-refractivity contribution in [1.29, 1.82) is 0 Å². The van der Waals surface area contributed by atoms with Crippen LogP contribution in [0.5, 0.6) is 0 Å². The highest BCUT2D eigenvalue weighted by Gasteiger charge is 2.60. The fraction of sp³-hybridized carbons (Fsp3) is 0.807. The van der Waals surface area contributed by atoms with Crippen LogP contribution in [-0.4, -0.2) is 398 Å². The zero-order chi connectivity index (χ0) is 70.7. The summed E-state index contributed by atoms with van der Waals surface area (Å²) in [5.41, 5.74) is 0.637. The lowest BCUT2D eigenvalue weighted by Crippen LogP contribution is -2.68. The summed E-state index contributed by atoms with van der Waals surface area (Å²) in [6.45, 7) is -6.48. The summed E-state index contributed by atoms with van der Waals surface area (Å²) in [6.07, 6.45) is -72.6. The number of cyclic esters (lactones) is 1. The number of anilines is 1. The molecule has 21 heterocycles. The van der Waals surface area contributed by atoms with Gasteiger partial charge in [0.15, 0.2) is 44.0 Å². The smallest absolute Gasteiger partial charge is 0.325 e. The van der Waals surface area contributed by atoms with Crippen molar-refractivity contribution in [3.05, 3.63) is 36.4 Å². The summed E-state index contributed by atoms with van der Waals surface area (Å²) in [4.78, 5) is 16.0. The van der Waals surface area contributed by atoms with E-state index in [9.17, 15) is 110 Å². The van der Waals surface area contributed by atoms with E-state index in [0.29, 0.717) is 11.1 Å². The molecule has 36 atom stereocenters. The molecule has 2 aromatic rings. The van der Waals surface area contributed by atoms with Gasteiger partial charge in [0.25, 0.3) is 0 Å². The first-order valence-corrected chi connectivity index (χ1v) is 34.0. The second-order valence-corrected chi connectivity index (χ2v) is 27.9. The van der Waals surface area contributed by atoms with Gasteiger partial charge >= 0.3 is 5.97 Å². The van der Waals surface area contributed by atoms with E-state index in [2.05, 4.69) is 4.72 Å². The second-order valence-electron chi connectivity index (χ2n) is 25.2. The molecule has 21 saturated heterocycles. The number of esters is 1. The number of benzene rings is 2. The van der Waals surface area contributed by atoms with Gasteiger partial charge in [0, 0.05) is 42.1 Å². The van der Waals surface area contributed by atoms with Crippen LogP contribution >= 0.6 is 11.8 Å². The van der Waals surface area contributed by atoms with Gasteiger partial charge in [-0.25, -0.2) is 8.42 Å². The van der Waals surface area contributed by atoms with E-state index in [-0.39, 0.29) is 10.3 Å². The maximum absolute atomic E-state index is 14.6. The molecule has 21 fully saturated rings. The van der Waals surface area contributed by atoms with Gasteiger partial charge in [-0.3, -0.25) is 4.79 Å². The van der Waals surface area contributed by atoms with Crippen LogP contribution in [0, 0.1) is 0 Å². The molecule has 21 aliphatic heterocycles. The molecule has 21 aliphatic rings. The molecule has 0 amide bonds. The third-order valence-electron chi connectivity index (χ3n) is 18.6. The van der Waals surface area contributed by atoms with Gasteiger partial charge < -0.3 is 173 Å². The number of sulfonamides is 1. The number of fused-ring (bicyclic) bond motifs is 1. The van der Waals surface area contributed by atoms with Crippen molar-refractivity contribution in [3.63, 3.8) is 0 Å².